The Morgan fingerprint density at radius 2 is 1.88 bits per heavy atom. The molecule has 7 nitrogen and oxygen atoms in total. The Morgan fingerprint density at radius 1 is 1.16 bits per heavy atom. The van der Waals surface area contributed by atoms with Gasteiger partial charge >= 0.3 is 0 Å². The number of carbonyl (C=O) groups excluding carboxylic acids is 1. The van der Waals surface area contributed by atoms with E-state index >= 15 is 0 Å². The monoisotopic (exact) mass is 383 g/mol. The summed E-state index contributed by atoms with van der Waals surface area (Å²) in [5, 5.41) is 1.83. The van der Waals surface area contributed by atoms with Gasteiger partial charge < -0.3 is 4.74 Å². The molecule has 0 saturated heterocycles. The Kier molecular flexibility index (Phi) is 5.89. The first kappa shape index (κ1) is 19.0. The van der Waals surface area contributed by atoms with E-state index in [1.165, 1.54) is 42.5 Å². The van der Waals surface area contributed by atoms with Gasteiger partial charge in [0.2, 0.25) is 0 Å². The SMILES string of the molecule is COc1ccc(Cl)cc1NS(=O)(=O)c1cccc(C(=O)NN(C)C)c1. The molecule has 0 atom stereocenters. The lowest BCUT2D eigenvalue weighted by Gasteiger charge is -2.14. The third-order valence-electron chi connectivity index (χ3n) is 3.14. The summed E-state index contributed by atoms with van der Waals surface area (Å²) in [4.78, 5) is 12.0. The van der Waals surface area contributed by atoms with Gasteiger partial charge in [0.05, 0.1) is 17.7 Å². The van der Waals surface area contributed by atoms with Gasteiger partial charge in [-0.1, -0.05) is 17.7 Å². The minimum Gasteiger partial charge on any atom is -0.495 e. The molecular weight excluding hydrogens is 366 g/mol. The number of nitrogens with zero attached hydrogens (tertiary/aromatic N) is 1. The van der Waals surface area contributed by atoms with E-state index in [1.807, 2.05) is 0 Å². The van der Waals surface area contributed by atoms with Crippen molar-refractivity contribution in [2.75, 3.05) is 25.9 Å². The number of carbonyl (C=O) groups is 1. The molecule has 2 N–H and O–H groups in total. The highest BCUT2D eigenvalue weighted by Crippen LogP contribution is 2.29. The molecule has 134 valence electrons. The molecule has 0 fully saturated rings. The molecule has 9 heteroatoms. The molecule has 0 aliphatic heterocycles. The number of nitrogens with one attached hydrogen (secondary N) is 2. The van der Waals surface area contributed by atoms with Gasteiger partial charge in [-0.15, -0.1) is 0 Å². The molecule has 0 saturated carbocycles. The van der Waals surface area contributed by atoms with Crippen LogP contribution in [0.1, 0.15) is 10.4 Å². The van der Waals surface area contributed by atoms with E-state index in [0.717, 1.165) is 0 Å². The van der Waals surface area contributed by atoms with Crippen LogP contribution in [0, 0.1) is 0 Å². The van der Waals surface area contributed by atoms with E-state index in [9.17, 15) is 13.2 Å². The lowest BCUT2D eigenvalue weighted by Crippen LogP contribution is -2.36. The third-order valence-corrected chi connectivity index (χ3v) is 4.74. The highest BCUT2D eigenvalue weighted by atomic mass is 35.5. The normalized spacial score (nSPS) is 11.2. The van der Waals surface area contributed by atoms with Crippen molar-refractivity contribution in [3.05, 3.63) is 53.1 Å². The van der Waals surface area contributed by atoms with E-state index in [2.05, 4.69) is 10.1 Å². The summed E-state index contributed by atoms with van der Waals surface area (Å²) >= 11 is 5.92. The lowest BCUT2D eigenvalue weighted by atomic mass is 10.2. The molecule has 0 bridgehead atoms. The van der Waals surface area contributed by atoms with Crippen LogP contribution in [0.3, 0.4) is 0 Å². The minimum absolute atomic E-state index is 0.0547. The molecule has 0 aliphatic rings. The van der Waals surface area contributed by atoms with Crippen LogP contribution < -0.4 is 14.9 Å². The number of rotatable bonds is 6. The number of sulfonamides is 1. The van der Waals surface area contributed by atoms with E-state index < -0.39 is 15.9 Å². The number of hydrogen-bond acceptors (Lipinski definition) is 5. The van der Waals surface area contributed by atoms with Crippen LogP contribution in [0.4, 0.5) is 5.69 Å². The van der Waals surface area contributed by atoms with Crippen molar-refractivity contribution in [1.82, 2.24) is 10.4 Å². The summed E-state index contributed by atoms with van der Waals surface area (Å²) in [5.74, 6) is -0.0862. The highest BCUT2D eigenvalue weighted by Gasteiger charge is 2.19. The summed E-state index contributed by atoms with van der Waals surface area (Å²) in [6.45, 7) is 0. The zero-order valence-corrected chi connectivity index (χ0v) is 15.5. The summed E-state index contributed by atoms with van der Waals surface area (Å²) in [7, 11) is 0.811. The lowest BCUT2D eigenvalue weighted by molar-refractivity contribution is 0.0856. The molecule has 1 amide bonds. The van der Waals surface area contributed by atoms with Crippen LogP contribution in [0.25, 0.3) is 0 Å². The first-order valence-electron chi connectivity index (χ1n) is 7.17. The summed E-state index contributed by atoms with van der Waals surface area (Å²) in [6.07, 6.45) is 0. The van der Waals surface area contributed by atoms with Gasteiger partial charge in [-0.2, -0.15) is 0 Å². The molecule has 0 heterocycles. The molecule has 0 spiro atoms. The zero-order valence-electron chi connectivity index (χ0n) is 13.9. The standard InChI is InChI=1S/C16H18ClN3O4S/c1-20(2)18-16(21)11-5-4-6-13(9-11)25(22,23)19-14-10-12(17)7-8-15(14)24-3/h4-10,19H,1-3H3,(H,18,21). The van der Waals surface area contributed by atoms with Crippen LogP contribution >= 0.6 is 11.6 Å². The fraction of sp³-hybridized carbons (Fsp3) is 0.188. The predicted molar refractivity (Wildman–Crippen MR) is 96.4 cm³/mol. The molecule has 2 aromatic carbocycles. The van der Waals surface area contributed by atoms with Gasteiger partial charge in [0.1, 0.15) is 5.75 Å². The second kappa shape index (κ2) is 7.73. The Morgan fingerprint density at radius 3 is 2.52 bits per heavy atom. The van der Waals surface area contributed by atoms with Crippen LogP contribution in [0.5, 0.6) is 5.75 Å². The van der Waals surface area contributed by atoms with Crippen molar-refractivity contribution >= 4 is 33.2 Å². The highest BCUT2D eigenvalue weighted by molar-refractivity contribution is 7.92. The first-order chi connectivity index (χ1) is 11.7. The van der Waals surface area contributed by atoms with Crippen molar-refractivity contribution in [2.24, 2.45) is 0 Å². The van der Waals surface area contributed by atoms with Gasteiger partial charge in [0, 0.05) is 24.7 Å². The van der Waals surface area contributed by atoms with E-state index in [-0.39, 0.29) is 16.1 Å². The van der Waals surface area contributed by atoms with Crippen molar-refractivity contribution < 1.29 is 17.9 Å². The van der Waals surface area contributed by atoms with Crippen molar-refractivity contribution in [3.63, 3.8) is 0 Å². The molecule has 0 radical (unpaired) electrons. The fourth-order valence-corrected chi connectivity index (χ4v) is 3.31. The smallest absolute Gasteiger partial charge is 0.265 e. The summed E-state index contributed by atoms with van der Waals surface area (Å²) < 4.78 is 32.8. The second-order valence-electron chi connectivity index (χ2n) is 5.31. The van der Waals surface area contributed by atoms with Crippen molar-refractivity contribution in [1.29, 1.82) is 0 Å². The average Bonchev–Trinajstić information content (AvgIpc) is 2.54. The molecule has 0 aromatic heterocycles. The number of methoxy groups -OCH3 is 1. The third kappa shape index (κ3) is 4.85. The second-order valence-corrected chi connectivity index (χ2v) is 7.43. The maximum Gasteiger partial charge on any atom is 0.265 e. The Labute approximate surface area is 151 Å². The molecule has 0 aliphatic carbocycles. The number of halogens is 1. The van der Waals surface area contributed by atoms with Gasteiger partial charge in [-0.05, 0) is 36.4 Å². The molecular formula is C16H18ClN3O4S. The van der Waals surface area contributed by atoms with Gasteiger partial charge in [0.25, 0.3) is 15.9 Å². The number of hydrazine groups is 1. The maximum absolute atomic E-state index is 12.6. The van der Waals surface area contributed by atoms with Gasteiger partial charge in [-0.25, -0.2) is 13.4 Å². The predicted octanol–water partition coefficient (Wildman–Crippen LogP) is 2.36. The number of ether oxygens (including phenoxy) is 1. The van der Waals surface area contributed by atoms with Crippen LogP contribution in [0.15, 0.2) is 47.4 Å². The van der Waals surface area contributed by atoms with Crippen molar-refractivity contribution in [2.45, 2.75) is 4.90 Å². The quantitative estimate of drug-likeness (QED) is 0.747. The van der Waals surface area contributed by atoms with Gasteiger partial charge in [0.15, 0.2) is 0 Å². The van der Waals surface area contributed by atoms with Crippen molar-refractivity contribution in [3.8, 4) is 5.75 Å². The molecule has 2 aromatic rings. The van der Waals surface area contributed by atoms with E-state index in [1.54, 1.807) is 26.2 Å². The fourth-order valence-electron chi connectivity index (χ4n) is 2.04. The Bertz CT molecular complexity index is 885. The number of benzene rings is 2. The van der Waals surface area contributed by atoms with Gasteiger partial charge in [-0.3, -0.25) is 14.9 Å². The maximum atomic E-state index is 12.6. The molecule has 25 heavy (non-hydrogen) atoms. The average molecular weight is 384 g/mol. The number of amides is 1. The first-order valence-corrected chi connectivity index (χ1v) is 9.04. The largest absolute Gasteiger partial charge is 0.495 e. The molecule has 0 unspecified atom stereocenters. The molecule has 2 rings (SSSR count). The van der Waals surface area contributed by atoms with E-state index in [0.29, 0.717) is 10.8 Å². The Balaban J connectivity index is 2.34. The van der Waals surface area contributed by atoms with Crippen LogP contribution in [0.2, 0.25) is 5.02 Å². The van der Waals surface area contributed by atoms with Crippen LogP contribution in [-0.4, -0.2) is 40.5 Å². The number of hydrogen-bond donors (Lipinski definition) is 2. The zero-order chi connectivity index (χ0) is 18.6. The van der Waals surface area contributed by atoms with E-state index in [4.69, 9.17) is 16.3 Å². The summed E-state index contributed by atoms with van der Waals surface area (Å²) in [6, 6.07) is 10.3. The number of anilines is 1. The topological polar surface area (TPSA) is 87.7 Å². The van der Waals surface area contributed by atoms with Crippen LogP contribution in [-0.2, 0) is 10.0 Å². The minimum atomic E-state index is -3.93. The summed E-state index contributed by atoms with van der Waals surface area (Å²) in [5.41, 5.74) is 2.98. The Hall–Kier alpha value is -2.29.